The van der Waals surface area contributed by atoms with Crippen LogP contribution < -0.4 is 5.48 Å². The van der Waals surface area contributed by atoms with E-state index in [0.717, 1.165) is 23.1 Å². The van der Waals surface area contributed by atoms with Gasteiger partial charge >= 0.3 is 0 Å². The zero-order valence-corrected chi connectivity index (χ0v) is 14.9. The summed E-state index contributed by atoms with van der Waals surface area (Å²) in [6.07, 6.45) is 1.96. The van der Waals surface area contributed by atoms with Crippen molar-refractivity contribution in [2.75, 3.05) is 6.54 Å². The molecule has 0 saturated carbocycles. The molecule has 2 aliphatic rings. The van der Waals surface area contributed by atoms with Crippen molar-refractivity contribution in [3.8, 4) is 0 Å². The topological polar surface area (TPSA) is 69.6 Å². The van der Waals surface area contributed by atoms with Crippen LogP contribution in [-0.4, -0.2) is 28.5 Å². The molecule has 1 unspecified atom stereocenters. The molecule has 1 saturated heterocycles. The predicted octanol–water partition coefficient (Wildman–Crippen LogP) is 2.98. The second-order valence-corrected chi connectivity index (χ2v) is 7.56. The molecule has 0 aromatic heterocycles. The number of hydrogen-bond donors (Lipinski definition) is 2. The minimum Gasteiger partial charge on any atom is -0.338 e. The molecule has 2 amide bonds. The Hall–Kier alpha value is -2.37. The first-order valence-corrected chi connectivity index (χ1v) is 8.99. The maximum absolute atomic E-state index is 13.2. The number of benzene rings is 2. The Balaban J connectivity index is 1.56. The molecule has 1 aliphatic carbocycles. The summed E-state index contributed by atoms with van der Waals surface area (Å²) < 4.78 is 0. The number of hydrogen-bond acceptors (Lipinski definition) is 3. The first-order chi connectivity index (χ1) is 12.5. The van der Waals surface area contributed by atoms with Crippen molar-refractivity contribution in [2.24, 2.45) is 5.41 Å². The largest absolute Gasteiger partial charge is 0.338 e. The van der Waals surface area contributed by atoms with Crippen LogP contribution in [0, 0.1) is 5.41 Å². The number of amides is 2. The van der Waals surface area contributed by atoms with E-state index in [4.69, 9.17) is 16.8 Å². The van der Waals surface area contributed by atoms with Crippen LogP contribution in [0.5, 0.6) is 0 Å². The molecule has 1 atom stereocenters. The number of hydroxylamine groups is 1. The van der Waals surface area contributed by atoms with Gasteiger partial charge in [-0.05, 0) is 54.2 Å². The van der Waals surface area contributed by atoms with Crippen molar-refractivity contribution in [1.82, 2.24) is 10.4 Å². The van der Waals surface area contributed by atoms with Gasteiger partial charge in [-0.2, -0.15) is 0 Å². The summed E-state index contributed by atoms with van der Waals surface area (Å²) in [5, 5.41) is 9.65. The van der Waals surface area contributed by atoms with E-state index in [0.29, 0.717) is 36.5 Å². The Morgan fingerprint density at radius 1 is 1.19 bits per heavy atom. The van der Waals surface area contributed by atoms with Crippen LogP contribution >= 0.6 is 11.6 Å². The molecule has 1 fully saturated rings. The molecule has 1 aliphatic heterocycles. The summed E-state index contributed by atoms with van der Waals surface area (Å²) in [5.74, 6) is -0.388. The molecular formula is C20H19ClN2O3. The highest BCUT2D eigenvalue weighted by molar-refractivity contribution is 6.30. The van der Waals surface area contributed by atoms with Gasteiger partial charge in [0.25, 0.3) is 5.91 Å². The zero-order valence-electron chi connectivity index (χ0n) is 14.2. The normalized spacial score (nSPS) is 21.3. The third-order valence-corrected chi connectivity index (χ3v) is 5.80. The molecule has 2 N–H and O–H groups in total. The van der Waals surface area contributed by atoms with Crippen LogP contribution in [0.2, 0.25) is 5.02 Å². The van der Waals surface area contributed by atoms with Crippen molar-refractivity contribution in [1.29, 1.82) is 0 Å². The van der Waals surface area contributed by atoms with E-state index in [1.807, 2.05) is 35.2 Å². The molecule has 5 nitrogen and oxygen atoms in total. The molecular weight excluding hydrogens is 352 g/mol. The fourth-order valence-corrected chi connectivity index (χ4v) is 4.36. The van der Waals surface area contributed by atoms with Crippen LogP contribution in [0.25, 0.3) is 0 Å². The zero-order chi connectivity index (χ0) is 18.3. The molecule has 134 valence electrons. The van der Waals surface area contributed by atoms with Crippen LogP contribution in [0.3, 0.4) is 0 Å². The first kappa shape index (κ1) is 17.1. The van der Waals surface area contributed by atoms with Gasteiger partial charge in [-0.3, -0.25) is 14.8 Å². The fourth-order valence-electron chi connectivity index (χ4n) is 4.23. The molecule has 2 aromatic carbocycles. The molecule has 1 heterocycles. The second-order valence-electron chi connectivity index (χ2n) is 7.12. The number of likely N-dealkylation sites (tertiary alicyclic amines) is 1. The third-order valence-electron chi connectivity index (χ3n) is 5.55. The number of nitrogens with zero attached hydrogens (tertiary/aromatic N) is 1. The number of nitrogens with one attached hydrogen (secondary N) is 1. The highest BCUT2D eigenvalue weighted by atomic mass is 35.5. The SMILES string of the molecule is O=C(NO)c1cccc2c1CC1(CCN(Cc3ccc(Cl)cc3)C1=O)C2. The monoisotopic (exact) mass is 370 g/mol. The first-order valence-electron chi connectivity index (χ1n) is 8.61. The number of halogens is 1. The van der Waals surface area contributed by atoms with E-state index >= 15 is 0 Å². The van der Waals surface area contributed by atoms with Crippen molar-refractivity contribution in [3.63, 3.8) is 0 Å². The van der Waals surface area contributed by atoms with E-state index in [-0.39, 0.29) is 5.91 Å². The van der Waals surface area contributed by atoms with Gasteiger partial charge in [0.1, 0.15) is 0 Å². The summed E-state index contributed by atoms with van der Waals surface area (Å²) >= 11 is 5.93. The highest BCUT2D eigenvalue weighted by Crippen LogP contribution is 2.46. The molecule has 6 heteroatoms. The Morgan fingerprint density at radius 2 is 1.96 bits per heavy atom. The third kappa shape index (κ3) is 2.77. The van der Waals surface area contributed by atoms with Gasteiger partial charge in [0.2, 0.25) is 5.91 Å². The van der Waals surface area contributed by atoms with Gasteiger partial charge < -0.3 is 4.90 Å². The van der Waals surface area contributed by atoms with Crippen LogP contribution in [0.15, 0.2) is 42.5 Å². The van der Waals surface area contributed by atoms with E-state index in [1.54, 1.807) is 17.6 Å². The van der Waals surface area contributed by atoms with Crippen LogP contribution in [0.4, 0.5) is 0 Å². The van der Waals surface area contributed by atoms with Crippen molar-refractivity contribution < 1.29 is 14.8 Å². The minimum atomic E-state index is -0.526. The lowest BCUT2D eigenvalue weighted by atomic mass is 9.83. The fraction of sp³-hybridized carbons (Fsp3) is 0.300. The maximum atomic E-state index is 13.2. The molecule has 4 rings (SSSR count). The summed E-state index contributed by atoms with van der Waals surface area (Å²) in [7, 11) is 0. The van der Waals surface area contributed by atoms with Crippen molar-refractivity contribution in [2.45, 2.75) is 25.8 Å². The Kier molecular flexibility index (Phi) is 4.21. The number of carbonyl (C=O) groups is 2. The number of rotatable bonds is 3. The van der Waals surface area contributed by atoms with Gasteiger partial charge in [-0.1, -0.05) is 35.9 Å². The van der Waals surface area contributed by atoms with Gasteiger partial charge in [-0.15, -0.1) is 0 Å². The van der Waals surface area contributed by atoms with E-state index in [2.05, 4.69) is 0 Å². The van der Waals surface area contributed by atoms with Gasteiger partial charge in [-0.25, -0.2) is 5.48 Å². The molecule has 0 bridgehead atoms. The van der Waals surface area contributed by atoms with Crippen molar-refractivity contribution in [3.05, 3.63) is 69.7 Å². The van der Waals surface area contributed by atoms with Gasteiger partial charge in [0, 0.05) is 23.7 Å². The smallest absolute Gasteiger partial charge is 0.274 e. The summed E-state index contributed by atoms with van der Waals surface area (Å²) in [5.41, 5.74) is 4.63. The summed E-state index contributed by atoms with van der Waals surface area (Å²) in [4.78, 5) is 27.0. The van der Waals surface area contributed by atoms with E-state index in [1.165, 1.54) is 0 Å². The second kappa shape index (κ2) is 6.41. The summed E-state index contributed by atoms with van der Waals surface area (Å²) in [6.45, 7) is 1.27. The summed E-state index contributed by atoms with van der Waals surface area (Å²) in [6, 6.07) is 13.0. The Labute approximate surface area is 156 Å². The van der Waals surface area contributed by atoms with Crippen LogP contribution in [-0.2, 0) is 24.2 Å². The van der Waals surface area contributed by atoms with E-state index in [9.17, 15) is 9.59 Å². The molecule has 2 aromatic rings. The Bertz CT molecular complexity index is 881. The molecule has 0 radical (unpaired) electrons. The molecule has 26 heavy (non-hydrogen) atoms. The average Bonchev–Trinajstić information content (AvgIpc) is 3.18. The number of carbonyl (C=O) groups excluding carboxylic acids is 2. The van der Waals surface area contributed by atoms with Crippen molar-refractivity contribution >= 4 is 23.4 Å². The average molecular weight is 371 g/mol. The standard InChI is InChI=1S/C20H19ClN2O3/c21-15-6-4-13(5-7-15)12-23-9-8-20(19(23)25)10-14-2-1-3-16(17(14)11-20)18(24)22-26/h1-7,26H,8-12H2,(H,22,24). The minimum absolute atomic E-state index is 0.138. The lowest BCUT2D eigenvalue weighted by molar-refractivity contribution is -0.136. The number of fused-ring (bicyclic) bond motifs is 1. The lowest BCUT2D eigenvalue weighted by Crippen LogP contribution is -2.35. The van der Waals surface area contributed by atoms with E-state index < -0.39 is 11.3 Å². The van der Waals surface area contributed by atoms with Gasteiger partial charge in [0.15, 0.2) is 0 Å². The lowest BCUT2D eigenvalue weighted by Gasteiger charge is -2.23. The molecule has 1 spiro atoms. The van der Waals surface area contributed by atoms with Crippen LogP contribution in [0.1, 0.15) is 33.5 Å². The van der Waals surface area contributed by atoms with Gasteiger partial charge in [0.05, 0.1) is 5.41 Å². The maximum Gasteiger partial charge on any atom is 0.274 e. The quantitative estimate of drug-likeness (QED) is 0.644. The highest BCUT2D eigenvalue weighted by Gasteiger charge is 2.50. The predicted molar refractivity (Wildman–Crippen MR) is 97.0 cm³/mol. The Morgan fingerprint density at radius 3 is 2.69 bits per heavy atom.